The third-order valence-electron chi connectivity index (χ3n) is 3.40. The van der Waals surface area contributed by atoms with Gasteiger partial charge in [-0.15, -0.1) is 11.3 Å². The number of benzene rings is 1. The molecule has 0 saturated carbocycles. The first-order valence-electron chi connectivity index (χ1n) is 6.50. The Labute approximate surface area is 114 Å². The van der Waals surface area contributed by atoms with E-state index in [0.29, 0.717) is 0 Å². The first-order valence-corrected chi connectivity index (χ1v) is 7.32. The predicted molar refractivity (Wildman–Crippen MR) is 76.4 cm³/mol. The van der Waals surface area contributed by atoms with Crippen LogP contribution in [0.15, 0.2) is 24.3 Å². The van der Waals surface area contributed by atoms with E-state index < -0.39 is 0 Å². The van der Waals surface area contributed by atoms with Crippen LogP contribution in [0.5, 0.6) is 0 Å². The number of H-pyrrole nitrogens is 1. The summed E-state index contributed by atoms with van der Waals surface area (Å²) in [5, 5.41) is 4.55. The summed E-state index contributed by atoms with van der Waals surface area (Å²) in [6, 6.07) is 8.13. The lowest BCUT2D eigenvalue weighted by molar-refractivity contribution is 0.643. The minimum absolute atomic E-state index is 0.798. The van der Waals surface area contributed by atoms with E-state index in [-0.39, 0.29) is 0 Å². The van der Waals surface area contributed by atoms with Gasteiger partial charge in [0.05, 0.1) is 23.1 Å². The molecule has 0 radical (unpaired) electrons. The highest BCUT2D eigenvalue weighted by Crippen LogP contribution is 2.23. The van der Waals surface area contributed by atoms with Crippen LogP contribution in [-0.2, 0) is 19.4 Å². The van der Waals surface area contributed by atoms with Crippen molar-refractivity contribution >= 4 is 22.4 Å². The van der Waals surface area contributed by atoms with Crippen molar-refractivity contribution in [3.8, 4) is 0 Å². The number of thiazole rings is 1. The molecule has 0 fully saturated rings. The average molecular weight is 270 g/mol. The summed E-state index contributed by atoms with van der Waals surface area (Å²) >= 11 is 1.81. The Morgan fingerprint density at radius 2 is 2.16 bits per heavy atom. The molecule has 96 valence electrons. The van der Waals surface area contributed by atoms with Crippen LogP contribution in [0.25, 0.3) is 11.0 Å². The van der Waals surface area contributed by atoms with Gasteiger partial charge in [0.2, 0.25) is 0 Å². The molecule has 1 aliphatic heterocycles. The first kappa shape index (κ1) is 11.1. The molecule has 2 aromatic heterocycles. The smallest absolute Gasteiger partial charge is 0.114 e. The second kappa shape index (κ2) is 4.43. The highest BCUT2D eigenvalue weighted by molar-refractivity contribution is 7.11. The Hall–Kier alpha value is -1.72. The van der Waals surface area contributed by atoms with Gasteiger partial charge in [-0.05, 0) is 12.1 Å². The van der Waals surface area contributed by atoms with Crippen LogP contribution in [0.3, 0.4) is 0 Å². The topological polar surface area (TPSA) is 53.6 Å². The van der Waals surface area contributed by atoms with Crippen molar-refractivity contribution in [2.75, 3.05) is 6.54 Å². The van der Waals surface area contributed by atoms with Crippen LogP contribution in [0.1, 0.15) is 21.4 Å². The fourth-order valence-electron chi connectivity index (χ4n) is 2.49. The van der Waals surface area contributed by atoms with Gasteiger partial charge >= 0.3 is 0 Å². The SMILES string of the molecule is c1ccc2[nH]c(Cc3nc4c(s3)CNCC4)nc2c1. The summed E-state index contributed by atoms with van der Waals surface area (Å²) in [6.45, 7) is 2.01. The van der Waals surface area contributed by atoms with E-state index >= 15 is 0 Å². The second-order valence-corrected chi connectivity index (χ2v) is 5.95. The Balaban J connectivity index is 1.65. The van der Waals surface area contributed by atoms with Crippen molar-refractivity contribution in [1.82, 2.24) is 20.3 Å². The van der Waals surface area contributed by atoms with E-state index in [1.165, 1.54) is 10.6 Å². The van der Waals surface area contributed by atoms with Gasteiger partial charge in [0.25, 0.3) is 0 Å². The van der Waals surface area contributed by atoms with Gasteiger partial charge in [0.15, 0.2) is 0 Å². The number of nitrogens with zero attached hydrogens (tertiary/aromatic N) is 2. The van der Waals surface area contributed by atoms with Crippen LogP contribution < -0.4 is 5.32 Å². The highest BCUT2D eigenvalue weighted by Gasteiger charge is 2.15. The molecule has 3 heterocycles. The van der Waals surface area contributed by atoms with Crippen molar-refractivity contribution in [3.63, 3.8) is 0 Å². The van der Waals surface area contributed by atoms with Gasteiger partial charge in [-0.25, -0.2) is 9.97 Å². The molecule has 0 saturated heterocycles. The van der Waals surface area contributed by atoms with E-state index in [9.17, 15) is 0 Å². The Kier molecular flexibility index (Phi) is 2.60. The third kappa shape index (κ3) is 2.05. The number of aromatic amines is 1. The molecule has 1 aromatic carbocycles. The number of imidazole rings is 1. The number of hydrogen-bond donors (Lipinski definition) is 2. The van der Waals surface area contributed by atoms with Crippen molar-refractivity contribution < 1.29 is 0 Å². The Morgan fingerprint density at radius 3 is 3.05 bits per heavy atom. The van der Waals surface area contributed by atoms with Crippen molar-refractivity contribution in [1.29, 1.82) is 0 Å². The molecule has 1 aliphatic rings. The minimum atomic E-state index is 0.798. The summed E-state index contributed by atoms with van der Waals surface area (Å²) in [7, 11) is 0. The van der Waals surface area contributed by atoms with E-state index in [4.69, 9.17) is 4.98 Å². The molecular formula is C14H14N4S. The summed E-state index contributed by atoms with van der Waals surface area (Å²) in [6.07, 6.45) is 1.85. The van der Waals surface area contributed by atoms with Crippen molar-refractivity contribution in [2.45, 2.75) is 19.4 Å². The van der Waals surface area contributed by atoms with Gasteiger partial charge < -0.3 is 10.3 Å². The molecule has 2 N–H and O–H groups in total. The first-order chi connectivity index (χ1) is 9.38. The molecule has 4 rings (SSSR count). The van der Waals surface area contributed by atoms with Gasteiger partial charge in [0, 0.05) is 24.4 Å². The molecule has 5 heteroatoms. The fraction of sp³-hybridized carbons (Fsp3) is 0.286. The number of aromatic nitrogens is 3. The Bertz CT molecular complexity index is 671. The molecule has 19 heavy (non-hydrogen) atoms. The molecule has 3 aromatic rings. The largest absolute Gasteiger partial charge is 0.342 e. The lowest BCUT2D eigenvalue weighted by atomic mass is 10.2. The zero-order valence-electron chi connectivity index (χ0n) is 10.4. The standard InChI is InChI=1S/C14H14N4S/c1-2-4-10-9(3-1)16-13(17-10)7-14-18-11-5-6-15-8-12(11)19-14/h1-4,15H,5-8H2,(H,16,17). The summed E-state index contributed by atoms with van der Waals surface area (Å²) in [5.41, 5.74) is 3.40. The highest BCUT2D eigenvalue weighted by atomic mass is 32.1. The van der Waals surface area contributed by atoms with Gasteiger partial charge in [0.1, 0.15) is 10.8 Å². The molecule has 4 nitrogen and oxygen atoms in total. The maximum Gasteiger partial charge on any atom is 0.114 e. The average Bonchev–Trinajstić information content (AvgIpc) is 3.00. The lowest BCUT2D eigenvalue weighted by Crippen LogP contribution is -2.22. The summed E-state index contributed by atoms with van der Waals surface area (Å²) in [5.74, 6) is 1.00. The Morgan fingerprint density at radius 1 is 1.21 bits per heavy atom. The van der Waals surface area contributed by atoms with E-state index in [0.717, 1.165) is 47.8 Å². The van der Waals surface area contributed by atoms with Crippen LogP contribution in [0.4, 0.5) is 0 Å². The predicted octanol–water partition coefficient (Wildman–Crippen LogP) is 2.26. The zero-order valence-corrected chi connectivity index (χ0v) is 11.3. The van der Waals surface area contributed by atoms with E-state index in [1.54, 1.807) is 11.3 Å². The molecular weight excluding hydrogens is 256 g/mol. The van der Waals surface area contributed by atoms with Crippen molar-refractivity contribution in [3.05, 3.63) is 45.7 Å². The van der Waals surface area contributed by atoms with E-state index in [2.05, 4.69) is 21.4 Å². The number of hydrogen-bond acceptors (Lipinski definition) is 4. The summed E-state index contributed by atoms with van der Waals surface area (Å²) < 4.78 is 0. The van der Waals surface area contributed by atoms with E-state index in [1.807, 2.05) is 18.2 Å². The molecule has 0 unspecified atom stereocenters. The summed E-state index contributed by atoms with van der Waals surface area (Å²) in [4.78, 5) is 14.1. The van der Waals surface area contributed by atoms with Crippen LogP contribution >= 0.6 is 11.3 Å². The number of nitrogens with one attached hydrogen (secondary N) is 2. The van der Waals surface area contributed by atoms with Crippen LogP contribution in [0.2, 0.25) is 0 Å². The fourth-order valence-corrected chi connectivity index (χ4v) is 3.58. The molecule has 0 amide bonds. The molecule has 0 bridgehead atoms. The van der Waals surface area contributed by atoms with Crippen LogP contribution in [0, 0.1) is 0 Å². The third-order valence-corrected chi connectivity index (χ3v) is 4.50. The van der Waals surface area contributed by atoms with Crippen LogP contribution in [-0.4, -0.2) is 21.5 Å². The lowest BCUT2D eigenvalue weighted by Gasteiger charge is -2.09. The maximum atomic E-state index is 4.73. The second-order valence-electron chi connectivity index (χ2n) is 4.78. The van der Waals surface area contributed by atoms with Gasteiger partial charge in [-0.1, -0.05) is 12.1 Å². The molecule has 0 atom stereocenters. The van der Waals surface area contributed by atoms with Gasteiger partial charge in [-0.3, -0.25) is 0 Å². The molecule has 0 spiro atoms. The number of para-hydroxylation sites is 2. The van der Waals surface area contributed by atoms with Crippen molar-refractivity contribution in [2.24, 2.45) is 0 Å². The maximum absolute atomic E-state index is 4.73. The van der Waals surface area contributed by atoms with Gasteiger partial charge in [-0.2, -0.15) is 0 Å². The molecule has 0 aliphatic carbocycles. The number of rotatable bonds is 2. The normalized spacial score (nSPS) is 14.7. The number of fused-ring (bicyclic) bond motifs is 2. The quantitative estimate of drug-likeness (QED) is 0.751. The monoisotopic (exact) mass is 270 g/mol. The minimum Gasteiger partial charge on any atom is -0.342 e. The zero-order chi connectivity index (χ0) is 12.7.